The Labute approximate surface area is 121 Å². The maximum Gasteiger partial charge on any atom is 0.270 e. The van der Waals surface area contributed by atoms with Crippen molar-refractivity contribution in [2.45, 2.75) is 32.2 Å². The minimum atomic E-state index is -0.712. The number of piperidine rings is 1. The number of halogens is 1. The van der Waals surface area contributed by atoms with E-state index in [9.17, 15) is 19.3 Å². The second-order valence-electron chi connectivity index (χ2n) is 5.65. The molecular formula is C14H18FN3O3. The molecule has 2 N–H and O–H groups in total. The highest BCUT2D eigenvalue weighted by Gasteiger charge is 2.30. The van der Waals surface area contributed by atoms with Crippen LogP contribution in [0.4, 0.5) is 10.1 Å². The largest absolute Gasteiger partial charge is 0.347 e. The summed E-state index contributed by atoms with van der Waals surface area (Å²) < 4.78 is 14.1. The zero-order valence-electron chi connectivity index (χ0n) is 12.0. The summed E-state index contributed by atoms with van der Waals surface area (Å²) in [6.45, 7) is 4.85. The minimum absolute atomic E-state index is 0.0878. The molecule has 114 valence electrons. The summed E-state index contributed by atoms with van der Waals surface area (Å²) in [6.07, 6.45) is 1.46. The molecule has 0 saturated carbocycles. The van der Waals surface area contributed by atoms with E-state index in [1.807, 2.05) is 6.92 Å². The molecule has 1 fully saturated rings. The van der Waals surface area contributed by atoms with Crippen LogP contribution >= 0.6 is 0 Å². The Bertz CT molecular complexity index is 583. The van der Waals surface area contributed by atoms with E-state index in [2.05, 4.69) is 10.6 Å². The van der Waals surface area contributed by atoms with Crippen molar-refractivity contribution in [3.63, 3.8) is 0 Å². The van der Waals surface area contributed by atoms with Gasteiger partial charge in [-0.3, -0.25) is 14.9 Å². The highest BCUT2D eigenvalue weighted by atomic mass is 19.1. The van der Waals surface area contributed by atoms with Gasteiger partial charge >= 0.3 is 0 Å². The van der Waals surface area contributed by atoms with Crippen molar-refractivity contribution in [2.75, 3.05) is 13.1 Å². The van der Waals surface area contributed by atoms with E-state index in [-0.39, 0.29) is 16.8 Å². The molecule has 7 heteroatoms. The van der Waals surface area contributed by atoms with Crippen molar-refractivity contribution >= 4 is 11.6 Å². The molecule has 1 aromatic rings. The normalized spacial score (nSPS) is 17.3. The monoisotopic (exact) mass is 295 g/mol. The van der Waals surface area contributed by atoms with Gasteiger partial charge in [-0.25, -0.2) is 4.39 Å². The first kappa shape index (κ1) is 15.4. The molecule has 1 saturated heterocycles. The van der Waals surface area contributed by atoms with Crippen LogP contribution in [0.25, 0.3) is 0 Å². The fraction of sp³-hybridized carbons (Fsp3) is 0.500. The van der Waals surface area contributed by atoms with E-state index < -0.39 is 22.2 Å². The van der Waals surface area contributed by atoms with Gasteiger partial charge in [0.05, 0.1) is 10.5 Å². The molecule has 0 spiro atoms. The van der Waals surface area contributed by atoms with Crippen LogP contribution in [0.2, 0.25) is 0 Å². The molecule has 1 aromatic carbocycles. The number of carbonyl (C=O) groups excluding carboxylic acids is 1. The Balaban J connectivity index is 2.28. The van der Waals surface area contributed by atoms with Gasteiger partial charge in [-0.1, -0.05) is 0 Å². The number of benzene rings is 1. The number of non-ortho nitro benzene ring substituents is 1. The molecule has 0 bridgehead atoms. The van der Waals surface area contributed by atoms with Gasteiger partial charge in [0.15, 0.2) is 0 Å². The molecule has 21 heavy (non-hydrogen) atoms. The number of nitro benzene ring substituents is 1. The lowest BCUT2D eigenvalue weighted by Gasteiger charge is -2.35. The van der Waals surface area contributed by atoms with Crippen molar-refractivity contribution in [1.29, 1.82) is 0 Å². The van der Waals surface area contributed by atoms with Gasteiger partial charge < -0.3 is 10.6 Å². The van der Waals surface area contributed by atoms with Crippen LogP contribution in [0.15, 0.2) is 12.1 Å². The number of aryl methyl sites for hydroxylation is 1. The highest BCUT2D eigenvalue weighted by molar-refractivity contribution is 5.95. The summed E-state index contributed by atoms with van der Waals surface area (Å²) in [4.78, 5) is 22.5. The smallest absolute Gasteiger partial charge is 0.270 e. The second kappa shape index (κ2) is 5.77. The zero-order valence-corrected chi connectivity index (χ0v) is 12.0. The summed E-state index contributed by atoms with van der Waals surface area (Å²) >= 11 is 0. The Kier molecular flexibility index (Phi) is 4.22. The topological polar surface area (TPSA) is 84.3 Å². The van der Waals surface area contributed by atoms with Crippen LogP contribution in [-0.4, -0.2) is 29.5 Å². The molecule has 0 unspecified atom stereocenters. The zero-order chi connectivity index (χ0) is 15.6. The van der Waals surface area contributed by atoms with Crippen LogP contribution in [0, 0.1) is 22.9 Å². The fourth-order valence-electron chi connectivity index (χ4n) is 2.47. The number of amides is 1. The first-order chi connectivity index (χ1) is 9.82. The number of hydrogen-bond acceptors (Lipinski definition) is 4. The van der Waals surface area contributed by atoms with Crippen LogP contribution in [0.5, 0.6) is 0 Å². The second-order valence-corrected chi connectivity index (χ2v) is 5.65. The van der Waals surface area contributed by atoms with Crippen LogP contribution in [0.3, 0.4) is 0 Å². The summed E-state index contributed by atoms with van der Waals surface area (Å²) in [5, 5.41) is 16.8. The summed E-state index contributed by atoms with van der Waals surface area (Å²) in [5.74, 6) is -1.32. The first-order valence-electron chi connectivity index (χ1n) is 6.80. The van der Waals surface area contributed by atoms with E-state index in [0.717, 1.165) is 38.1 Å². The van der Waals surface area contributed by atoms with E-state index in [4.69, 9.17) is 0 Å². The maximum absolute atomic E-state index is 14.1. The standard InChI is InChI=1S/C14H18FN3O3/c1-9-7-10(18(20)21)8-11(12(9)15)13(19)17-14(2)3-5-16-6-4-14/h7-8,16H,3-6H2,1-2H3,(H,17,19). The molecular weight excluding hydrogens is 277 g/mol. The van der Waals surface area contributed by atoms with Crippen molar-refractivity contribution in [1.82, 2.24) is 10.6 Å². The van der Waals surface area contributed by atoms with Gasteiger partial charge in [0.2, 0.25) is 0 Å². The summed E-state index contributed by atoms with van der Waals surface area (Å²) in [5.41, 5.74) is -0.895. The maximum atomic E-state index is 14.1. The van der Waals surface area contributed by atoms with E-state index in [1.165, 1.54) is 6.92 Å². The van der Waals surface area contributed by atoms with Crippen molar-refractivity contribution in [3.8, 4) is 0 Å². The third-order valence-corrected chi connectivity index (χ3v) is 3.82. The molecule has 1 aliphatic heterocycles. The van der Waals surface area contributed by atoms with Crippen molar-refractivity contribution < 1.29 is 14.1 Å². The molecule has 1 heterocycles. The molecule has 1 amide bonds. The lowest BCUT2D eigenvalue weighted by atomic mass is 9.90. The Morgan fingerprint density at radius 3 is 2.62 bits per heavy atom. The molecule has 0 aliphatic carbocycles. The predicted molar refractivity (Wildman–Crippen MR) is 75.8 cm³/mol. The lowest BCUT2D eigenvalue weighted by Crippen LogP contribution is -2.52. The molecule has 6 nitrogen and oxygen atoms in total. The van der Waals surface area contributed by atoms with E-state index in [1.54, 1.807) is 0 Å². The number of nitrogens with one attached hydrogen (secondary N) is 2. The van der Waals surface area contributed by atoms with Crippen molar-refractivity contribution in [3.05, 3.63) is 39.2 Å². The number of carbonyl (C=O) groups is 1. The highest BCUT2D eigenvalue weighted by Crippen LogP contribution is 2.23. The van der Waals surface area contributed by atoms with E-state index in [0.29, 0.717) is 0 Å². The first-order valence-corrected chi connectivity index (χ1v) is 6.80. The van der Waals surface area contributed by atoms with Gasteiger partial charge in [-0.15, -0.1) is 0 Å². The summed E-state index contributed by atoms with van der Waals surface area (Å²) in [6, 6.07) is 2.11. The quantitative estimate of drug-likeness (QED) is 0.659. The Hall–Kier alpha value is -2.02. The van der Waals surface area contributed by atoms with Crippen LogP contribution in [-0.2, 0) is 0 Å². The summed E-state index contributed by atoms with van der Waals surface area (Å²) in [7, 11) is 0. The van der Waals surface area contributed by atoms with Crippen molar-refractivity contribution in [2.24, 2.45) is 0 Å². The van der Waals surface area contributed by atoms with E-state index >= 15 is 0 Å². The average molecular weight is 295 g/mol. The molecule has 0 radical (unpaired) electrons. The molecule has 1 aliphatic rings. The molecule has 0 atom stereocenters. The fourth-order valence-corrected chi connectivity index (χ4v) is 2.47. The number of rotatable bonds is 3. The SMILES string of the molecule is Cc1cc([N+](=O)[O-])cc(C(=O)NC2(C)CCNCC2)c1F. The molecule has 0 aromatic heterocycles. The average Bonchev–Trinajstić information content (AvgIpc) is 2.41. The number of nitro groups is 1. The number of hydrogen-bond donors (Lipinski definition) is 2. The third kappa shape index (κ3) is 3.36. The van der Waals surface area contributed by atoms with Gasteiger partial charge in [-0.05, 0) is 45.3 Å². The third-order valence-electron chi connectivity index (χ3n) is 3.82. The minimum Gasteiger partial charge on any atom is -0.347 e. The molecule has 2 rings (SSSR count). The Morgan fingerprint density at radius 2 is 2.05 bits per heavy atom. The predicted octanol–water partition coefficient (Wildman–Crippen LogP) is 1.91. The van der Waals surface area contributed by atoms with Crippen LogP contribution in [0.1, 0.15) is 35.7 Å². The Morgan fingerprint density at radius 1 is 1.43 bits per heavy atom. The van der Waals surface area contributed by atoms with Gasteiger partial charge in [0.25, 0.3) is 11.6 Å². The van der Waals surface area contributed by atoms with Gasteiger partial charge in [-0.2, -0.15) is 0 Å². The van der Waals surface area contributed by atoms with Crippen LogP contribution < -0.4 is 10.6 Å². The number of nitrogens with zero attached hydrogens (tertiary/aromatic N) is 1. The lowest BCUT2D eigenvalue weighted by molar-refractivity contribution is -0.385. The van der Waals surface area contributed by atoms with Gasteiger partial charge in [0.1, 0.15) is 5.82 Å². The van der Waals surface area contributed by atoms with Gasteiger partial charge in [0, 0.05) is 17.7 Å².